The molecule has 0 saturated carbocycles. The third-order valence-electron chi connectivity index (χ3n) is 3.73. The van der Waals surface area contributed by atoms with Gasteiger partial charge in [0.05, 0.1) is 21.7 Å². The lowest BCUT2D eigenvalue weighted by Gasteiger charge is -2.09. The smallest absolute Gasteiger partial charge is 0.337 e. The predicted molar refractivity (Wildman–Crippen MR) is 111 cm³/mol. The highest BCUT2D eigenvalue weighted by molar-refractivity contribution is 7.99. The molecule has 31 heavy (non-hydrogen) atoms. The molecule has 2 N–H and O–H groups in total. The van der Waals surface area contributed by atoms with Gasteiger partial charge < -0.3 is 5.32 Å². The molecule has 8 nitrogen and oxygen atoms in total. The Morgan fingerprint density at radius 3 is 2.65 bits per heavy atom. The number of carbonyl (C=O) groups excluding carboxylic acids is 1. The van der Waals surface area contributed by atoms with E-state index in [9.17, 15) is 26.4 Å². The van der Waals surface area contributed by atoms with Gasteiger partial charge >= 0.3 is 12.2 Å². The van der Waals surface area contributed by atoms with E-state index in [2.05, 4.69) is 15.4 Å². The van der Waals surface area contributed by atoms with Crippen LogP contribution in [0.1, 0.15) is 30.2 Å². The normalized spacial score (nSPS) is 12.4. The lowest BCUT2D eigenvalue weighted by Crippen LogP contribution is -2.38. The van der Waals surface area contributed by atoms with Crippen LogP contribution in [0.25, 0.3) is 6.08 Å². The average Bonchev–Trinajstić information content (AvgIpc) is 2.91. The van der Waals surface area contributed by atoms with Crippen molar-refractivity contribution in [3.05, 3.63) is 39.5 Å². The van der Waals surface area contributed by atoms with Crippen molar-refractivity contribution in [1.29, 1.82) is 0 Å². The molecule has 0 aliphatic heterocycles. The summed E-state index contributed by atoms with van der Waals surface area (Å²) in [6, 6.07) is -0.0939. The lowest BCUT2D eigenvalue weighted by molar-refractivity contribution is -0.137. The minimum atomic E-state index is -4.58. The van der Waals surface area contributed by atoms with E-state index < -0.39 is 27.8 Å². The summed E-state index contributed by atoms with van der Waals surface area (Å²) in [7, 11) is -2.51. The quantitative estimate of drug-likeness (QED) is 0.600. The summed E-state index contributed by atoms with van der Waals surface area (Å²) in [4.78, 5) is 15.4. The zero-order valence-electron chi connectivity index (χ0n) is 16.6. The molecule has 0 bridgehead atoms. The van der Waals surface area contributed by atoms with Crippen molar-refractivity contribution >= 4 is 45.5 Å². The Kier molecular flexibility index (Phi) is 8.00. The van der Waals surface area contributed by atoms with Crippen LogP contribution in [0.15, 0.2) is 27.7 Å². The maximum absolute atomic E-state index is 12.8. The molecular formula is C17H19ClF3N5O3S2. The number of halogens is 4. The third-order valence-corrected chi connectivity index (χ3v) is 6.29. The molecule has 2 amide bonds. The molecule has 2 rings (SSSR count). The Bertz CT molecular complexity index is 1100. The maximum atomic E-state index is 12.8. The second-order valence-electron chi connectivity index (χ2n) is 6.24. The number of alkyl halides is 3. The van der Waals surface area contributed by atoms with Gasteiger partial charge in [-0.1, -0.05) is 18.5 Å². The number of carbonyl (C=O) groups is 1. The van der Waals surface area contributed by atoms with Crippen LogP contribution in [0.2, 0.25) is 5.02 Å². The summed E-state index contributed by atoms with van der Waals surface area (Å²) >= 11 is 6.89. The summed E-state index contributed by atoms with van der Waals surface area (Å²) in [5, 5.41) is 7.65. The molecule has 0 radical (unpaired) electrons. The van der Waals surface area contributed by atoms with Crippen LogP contribution in [-0.4, -0.2) is 35.8 Å². The van der Waals surface area contributed by atoms with Crippen LogP contribution in [-0.2, 0) is 23.2 Å². The summed E-state index contributed by atoms with van der Waals surface area (Å²) in [5.41, 5.74) is -0.152. The van der Waals surface area contributed by atoms with Gasteiger partial charge in [-0.3, -0.25) is 4.68 Å². The van der Waals surface area contributed by atoms with Gasteiger partial charge in [-0.05, 0) is 37.2 Å². The van der Waals surface area contributed by atoms with E-state index in [1.807, 2.05) is 11.6 Å². The predicted octanol–water partition coefficient (Wildman–Crippen LogP) is 3.96. The molecule has 170 valence electrons. The van der Waals surface area contributed by atoms with Gasteiger partial charge in [-0.15, -0.1) is 0 Å². The fourth-order valence-electron chi connectivity index (χ4n) is 2.31. The number of nitrogens with one attached hydrogen (secondary N) is 2. The van der Waals surface area contributed by atoms with Crippen molar-refractivity contribution in [2.24, 2.45) is 7.05 Å². The van der Waals surface area contributed by atoms with Crippen LogP contribution in [0.4, 0.5) is 18.0 Å². The van der Waals surface area contributed by atoms with Crippen molar-refractivity contribution in [2.45, 2.75) is 36.5 Å². The van der Waals surface area contributed by atoms with Gasteiger partial charge in [0, 0.05) is 25.4 Å². The zero-order valence-corrected chi connectivity index (χ0v) is 19.0. The Morgan fingerprint density at radius 1 is 1.39 bits per heavy atom. The third kappa shape index (κ3) is 6.87. The van der Waals surface area contributed by atoms with Crippen LogP contribution >= 0.6 is 23.4 Å². The number of rotatable bonds is 7. The van der Waals surface area contributed by atoms with E-state index in [-0.39, 0.29) is 10.0 Å². The molecular weight excluding hydrogens is 479 g/mol. The fourth-order valence-corrected chi connectivity index (χ4v) is 4.25. The largest absolute Gasteiger partial charge is 0.417 e. The highest BCUT2D eigenvalue weighted by atomic mass is 35.5. The second-order valence-corrected chi connectivity index (χ2v) is 9.20. The number of hydrogen-bond acceptors (Lipinski definition) is 6. The first-order valence-corrected chi connectivity index (χ1v) is 11.5. The molecule has 2 aromatic rings. The van der Waals surface area contributed by atoms with E-state index in [1.165, 1.54) is 10.8 Å². The van der Waals surface area contributed by atoms with Crippen molar-refractivity contribution in [3.8, 4) is 0 Å². The Balaban J connectivity index is 2.29. The Morgan fingerprint density at radius 2 is 2.06 bits per heavy atom. The molecule has 0 atom stereocenters. The molecule has 0 aliphatic rings. The molecule has 0 unspecified atom stereocenters. The number of aromatic nitrogens is 3. The van der Waals surface area contributed by atoms with Gasteiger partial charge in [0.2, 0.25) is 0 Å². The van der Waals surface area contributed by atoms with E-state index in [0.29, 0.717) is 35.4 Å². The molecule has 2 aromatic heterocycles. The molecule has 0 aromatic carbocycles. The van der Waals surface area contributed by atoms with Crippen molar-refractivity contribution in [3.63, 3.8) is 0 Å². The first-order valence-electron chi connectivity index (χ1n) is 8.77. The Labute approximate surface area is 186 Å². The molecule has 2 heterocycles. The second kappa shape index (κ2) is 9.92. The fraction of sp³-hybridized carbons (Fsp3) is 0.353. The highest BCUT2D eigenvalue weighted by Gasteiger charge is 2.31. The van der Waals surface area contributed by atoms with Gasteiger partial charge in [0.1, 0.15) is 10.1 Å². The van der Waals surface area contributed by atoms with Crippen molar-refractivity contribution < 1.29 is 26.4 Å². The number of amides is 2. The van der Waals surface area contributed by atoms with Crippen LogP contribution < -0.4 is 10.0 Å². The molecule has 0 saturated heterocycles. The van der Waals surface area contributed by atoms with Crippen LogP contribution in [0.3, 0.4) is 0 Å². The monoisotopic (exact) mass is 497 g/mol. The average molecular weight is 498 g/mol. The number of hydrogen-bond donors (Lipinski definition) is 2. The summed E-state index contributed by atoms with van der Waals surface area (Å²) in [5.74, 6) is 0. The van der Waals surface area contributed by atoms with E-state index in [0.717, 1.165) is 23.2 Å². The number of sulfonamides is 1. The number of urea groups is 1. The van der Waals surface area contributed by atoms with Gasteiger partial charge in [-0.2, -0.15) is 18.3 Å². The van der Waals surface area contributed by atoms with Crippen molar-refractivity contribution in [1.82, 2.24) is 24.8 Å². The van der Waals surface area contributed by atoms with Gasteiger partial charge in [0.25, 0.3) is 10.0 Å². The molecule has 0 aliphatic carbocycles. The molecule has 14 heteroatoms. The maximum Gasteiger partial charge on any atom is 0.417 e. The van der Waals surface area contributed by atoms with Gasteiger partial charge in [-0.25, -0.2) is 22.9 Å². The summed E-state index contributed by atoms with van der Waals surface area (Å²) in [6.07, 6.45) is -2.05. The standard InChI is InChI=1S/C17H19ClF3N5O3S2/c1-4-6-22-16(27)25-31(28,29)7-5-12-10(2)24-26(3)15(12)30-14-13(18)8-11(9-23-14)17(19,20)21/h5,7-9H,4,6H2,1-3H3,(H2,22,25,27)/b7-5+. The van der Waals surface area contributed by atoms with Gasteiger partial charge in [0.15, 0.2) is 0 Å². The zero-order chi connectivity index (χ0) is 23.4. The van der Waals surface area contributed by atoms with E-state index in [4.69, 9.17) is 11.6 Å². The molecule has 0 fully saturated rings. The first kappa shape index (κ1) is 25.0. The number of aryl methyl sites for hydroxylation is 2. The SMILES string of the molecule is CCCNC(=O)NS(=O)(=O)/C=C/c1c(C)nn(C)c1Sc1ncc(C(F)(F)F)cc1Cl. The van der Waals surface area contributed by atoms with E-state index >= 15 is 0 Å². The van der Waals surface area contributed by atoms with Crippen molar-refractivity contribution in [2.75, 3.05) is 6.54 Å². The minimum absolute atomic E-state index is 0.0900. The summed E-state index contributed by atoms with van der Waals surface area (Å²) in [6.45, 7) is 3.75. The van der Waals surface area contributed by atoms with Crippen LogP contribution in [0, 0.1) is 6.92 Å². The van der Waals surface area contributed by atoms with E-state index in [1.54, 1.807) is 14.0 Å². The first-order chi connectivity index (χ1) is 14.3. The highest BCUT2D eigenvalue weighted by Crippen LogP contribution is 2.38. The lowest BCUT2D eigenvalue weighted by atomic mass is 10.3. The van der Waals surface area contributed by atoms with Crippen LogP contribution in [0.5, 0.6) is 0 Å². The number of pyridine rings is 1. The summed E-state index contributed by atoms with van der Waals surface area (Å²) < 4.78 is 65.9. The molecule has 0 spiro atoms. The number of nitrogens with zero attached hydrogens (tertiary/aromatic N) is 3. The Hall–Kier alpha value is -2.25. The topological polar surface area (TPSA) is 106 Å². The minimum Gasteiger partial charge on any atom is -0.337 e.